The molecular weight excluding hydrogens is 198 g/mol. The van der Waals surface area contributed by atoms with Gasteiger partial charge in [-0.05, 0) is 12.5 Å². The Kier molecular flexibility index (Phi) is 6.16. The van der Waals surface area contributed by atoms with E-state index < -0.39 is 0 Å². The van der Waals surface area contributed by atoms with Crippen LogP contribution in [0.3, 0.4) is 0 Å². The van der Waals surface area contributed by atoms with E-state index in [1.165, 1.54) is 25.7 Å². The Hall–Kier alpha value is -0.830. The maximum absolute atomic E-state index is 4.53. The number of unbranched alkanes of at least 4 members (excludes halogenated alkanes) is 3. The van der Waals surface area contributed by atoms with Crippen LogP contribution in [0.2, 0.25) is 0 Å². The number of aromatic nitrogens is 2. The Morgan fingerprint density at radius 2 is 2.12 bits per heavy atom. The lowest BCUT2D eigenvalue weighted by atomic mass is 10.2. The highest BCUT2D eigenvalue weighted by molar-refractivity contribution is 4.98. The molecular formula is C13H25N3. The van der Waals surface area contributed by atoms with Crippen LogP contribution in [0, 0.1) is 0 Å². The normalized spacial score (nSPS) is 11.2. The topological polar surface area (TPSA) is 29.9 Å². The lowest BCUT2D eigenvalue weighted by molar-refractivity contribution is 0.526. The molecule has 3 heteroatoms. The van der Waals surface area contributed by atoms with Crippen molar-refractivity contribution in [3.63, 3.8) is 0 Å². The standard InChI is InChI=1S/C13H25N3/c1-4-5-6-7-9-16-10-8-13(15-16)11-14-12(2)3/h8,10,12,14H,4-7,9,11H2,1-3H3. The van der Waals surface area contributed by atoms with Crippen LogP contribution in [-0.2, 0) is 13.1 Å². The number of rotatable bonds is 8. The van der Waals surface area contributed by atoms with E-state index in [0.29, 0.717) is 6.04 Å². The molecule has 0 unspecified atom stereocenters. The summed E-state index contributed by atoms with van der Waals surface area (Å²) in [5.74, 6) is 0. The van der Waals surface area contributed by atoms with Gasteiger partial charge in [0.25, 0.3) is 0 Å². The fraction of sp³-hybridized carbons (Fsp3) is 0.769. The molecule has 0 aliphatic heterocycles. The fourth-order valence-electron chi connectivity index (χ4n) is 1.63. The minimum Gasteiger partial charge on any atom is -0.309 e. The Bertz CT molecular complexity index is 278. The summed E-state index contributed by atoms with van der Waals surface area (Å²) in [4.78, 5) is 0. The Labute approximate surface area is 99.2 Å². The maximum atomic E-state index is 4.53. The quantitative estimate of drug-likeness (QED) is 0.687. The molecule has 1 heterocycles. The van der Waals surface area contributed by atoms with E-state index >= 15 is 0 Å². The predicted molar refractivity (Wildman–Crippen MR) is 68.3 cm³/mol. The van der Waals surface area contributed by atoms with E-state index in [-0.39, 0.29) is 0 Å². The summed E-state index contributed by atoms with van der Waals surface area (Å²) in [6.07, 6.45) is 7.28. The average molecular weight is 223 g/mol. The van der Waals surface area contributed by atoms with Crippen molar-refractivity contribution < 1.29 is 0 Å². The molecule has 1 N–H and O–H groups in total. The minimum absolute atomic E-state index is 0.523. The van der Waals surface area contributed by atoms with Crippen LogP contribution in [0.4, 0.5) is 0 Å². The molecule has 0 spiro atoms. The molecule has 0 amide bonds. The van der Waals surface area contributed by atoms with Gasteiger partial charge in [-0.1, -0.05) is 40.0 Å². The number of aryl methyl sites for hydroxylation is 1. The number of hydrogen-bond acceptors (Lipinski definition) is 2. The molecule has 92 valence electrons. The zero-order valence-corrected chi connectivity index (χ0v) is 10.9. The molecule has 0 saturated heterocycles. The molecule has 1 aromatic heterocycles. The van der Waals surface area contributed by atoms with Gasteiger partial charge in [0.1, 0.15) is 0 Å². The van der Waals surface area contributed by atoms with Gasteiger partial charge in [0.05, 0.1) is 5.69 Å². The van der Waals surface area contributed by atoms with E-state index in [0.717, 1.165) is 18.8 Å². The zero-order valence-electron chi connectivity index (χ0n) is 10.9. The molecule has 0 aliphatic carbocycles. The third kappa shape index (κ3) is 5.31. The summed E-state index contributed by atoms with van der Waals surface area (Å²) < 4.78 is 2.06. The van der Waals surface area contributed by atoms with Crippen LogP contribution in [0.1, 0.15) is 52.1 Å². The van der Waals surface area contributed by atoms with Crippen molar-refractivity contribution >= 4 is 0 Å². The highest BCUT2D eigenvalue weighted by atomic mass is 15.3. The monoisotopic (exact) mass is 223 g/mol. The molecule has 1 rings (SSSR count). The molecule has 0 atom stereocenters. The largest absolute Gasteiger partial charge is 0.309 e. The van der Waals surface area contributed by atoms with E-state index in [1.54, 1.807) is 0 Å². The molecule has 0 saturated carbocycles. The summed E-state index contributed by atoms with van der Waals surface area (Å²) >= 11 is 0. The summed E-state index contributed by atoms with van der Waals surface area (Å²) in [7, 11) is 0. The van der Waals surface area contributed by atoms with Crippen LogP contribution in [0.15, 0.2) is 12.3 Å². The molecule has 3 nitrogen and oxygen atoms in total. The van der Waals surface area contributed by atoms with Gasteiger partial charge in [0, 0.05) is 25.3 Å². The zero-order chi connectivity index (χ0) is 11.8. The van der Waals surface area contributed by atoms with Crippen molar-refractivity contribution in [1.29, 1.82) is 0 Å². The summed E-state index contributed by atoms with van der Waals surface area (Å²) in [5.41, 5.74) is 1.14. The van der Waals surface area contributed by atoms with Crippen LogP contribution < -0.4 is 5.32 Å². The van der Waals surface area contributed by atoms with Crippen molar-refractivity contribution in [3.05, 3.63) is 18.0 Å². The van der Waals surface area contributed by atoms with Gasteiger partial charge in [-0.2, -0.15) is 5.10 Å². The second-order valence-electron chi connectivity index (χ2n) is 4.67. The second-order valence-corrected chi connectivity index (χ2v) is 4.67. The van der Waals surface area contributed by atoms with Gasteiger partial charge in [-0.15, -0.1) is 0 Å². The average Bonchev–Trinajstić information content (AvgIpc) is 2.70. The van der Waals surface area contributed by atoms with Crippen LogP contribution in [0.5, 0.6) is 0 Å². The van der Waals surface area contributed by atoms with Crippen LogP contribution in [0.25, 0.3) is 0 Å². The van der Waals surface area contributed by atoms with Crippen molar-refractivity contribution in [2.24, 2.45) is 0 Å². The predicted octanol–water partition coefficient (Wildman–Crippen LogP) is 2.96. The first-order chi connectivity index (χ1) is 7.72. The fourth-order valence-corrected chi connectivity index (χ4v) is 1.63. The van der Waals surface area contributed by atoms with E-state index in [9.17, 15) is 0 Å². The van der Waals surface area contributed by atoms with Crippen molar-refractivity contribution in [2.45, 2.75) is 65.6 Å². The molecule has 0 radical (unpaired) electrons. The molecule has 0 aromatic carbocycles. The van der Waals surface area contributed by atoms with Gasteiger partial charge in [-0.25, -0.2) is 0 Å². The molecule has 0 fully saturated rings. The van der Waals surface area contributed by atoms with E-state index in [2.05, 4.69) is 48.1 Å². The van der Waals surface area contributed by atoms with Crippen molar-refractivity contribution in [2.75, 3.05) is 0 Å². The molecule has 0 bridgehead atoms. The minimum atomic E-state index is 0.523. The summed E-state index contributed by atoms with van der Waals surface area (Å²) in [6, 6.07) is 2.63. The second kappa shape index (κ2) is 7.44. The van der Waals surface area contributed by atoms with Crippen LogP contribution in [-0.4, -0.2) is 15.8 Å². The Morgan fingerprint density at radius 3 is 2.81 bits per heavy atom. The third-order valence-electron chi connectivity index (χ3n) is 2.63. The van der Waals surface area contributed by atoms with E-state index in [1.807, 2.05) is 0 Å². The SMILES string of the molecule is CCCCCCn1ccc(CNC(C)C)n1. The lowest BCUT2D eigenvalue weighted by Crippen LogP contribution is -2.22. The number of nitrogens with zero attached hydrogens (tertiary/aromatic N) is 2. The summed E-state index contributed by atoms with van der Waals surface area (Å²) in [5, 5.41) is 7.91. The van der Waals surface area contributed by atoms with Crippen molar-refractivity contribution in [1.82, 2.24) is 15.1 Å². The number of hydrogen-bond donors (Lipinski definition) is 1. The lowest BCUT2D eigenvalue weighted by Gasteiger charge is -2.05. The van der Waals surface area contributed by atoms with Crippen molar-refractivity contribution in [3.8, 4) is 0 Å². The van der Waals surface area contributed by atoms with Gasteiger partial charge in [0.2, 0.25) is 0 Å². The molecule has 0 aliphatic rings. The van der Waals surface area contributed by atoms with Crippen LogP contribution >= 0.6 is 0 Å². The third-order valence-corrected chi connectivity index (χ3v) is 2.63. The van der Waals surface area contributed by atoms with E-state index in [4.69, 9.17) is 0 Å². The molecule has 16 heavy (non-hydrogen) atoms. The van der Waals surface area contributed by atoms with Gasteiger partial charge in [0.15, 0.2) is 0 Å². The Morgan fingerprint density at radius 1 is 1.31 bits per heavy atom. The summed E-state index contributed by atoms with van der Waals surface area (Å²) in [6.45, 7) is 8.48. The highest BCUT2D eigenvalue weighted by Crippen LogP contribution is 2.02. The number of nitrogens with one attached hydrogen (secondary N) is 1. The first-order valence-electron chi connectivity index (χ1n) is 6.48. The Balaban J connectivity index is 2.22. The first-order valence-corrected chi connectivity index (χ1v) is 6.48. The molecule has 1 aromatic rings. The van der Waals surface area contributed by atoms with Gasteiger partial charge >= 0.3 is 0 Å². The first kappa shape index (κ1) is 13.2. The van der Waals surface area contributed by atoms with Gasteiger partial charge < -0.3 is 5.32 Å². The smallest absolute Gasteiger partial charge is 0.0762 e. The van der Waals surface area contributed by atoms with Gasteiger partial charge in [-0.3, -0.25) is 4.68 Å². The maximum Gasteiger partial charge on any atom is 0.0762 e. The highest BCUT2D eigenvalue weighted by Gasteiger charge is 1.99.